The van der Waals surface area contributed by atoms with Crippen molar-refractivity contribution >= 4 is 5.69 Å². The number of anilines is 1. The predicted molar refractivity (Wildman–Crippen MR) is 87.6 cm³/mol. The van der Waals surface area contributed by atoms with Gasteiger partial charge in [-0.3, -0.25) is 4.98 Å². The average Bonchev–Trinajstić information content (AvgIpc) is 2.55. The molecule has 1 aromatic heterocycles. The van der Waals surface area contributed by atoms with E-state index < -0.39 is 0 Å². The highest BCUT2D eigenvalue weighted by molar-refractivity contribution is 5.46. The second-order valence-corrected chi connectivity index (χ2v) is 5.90. The molecule has 1 aliphatic carbocycles. The highest BCUT2D eigenvalue weighted by Crippen LogP contribution is 2.27. The van der Waals surface area contributed by atoms with E-state index in [-0.39, 0.29) is 6.61 Å². The fraction of sp³-hybridized carbons (Fsp3) is 0.706. The van der Waals surface area contributed by atoms with E-state index in [1.165, 1.54) is 32.1 Å². The van der Waals surface area contributed by atoms with Gasteiger partial charge in [0.25, 0.3) is 0 Å². The van der Waals surface area contributed by atoms with Crippen molar-refractivity contribution in [3.05, 3.63) is 24.0 Å². The molecule has 0 saturated heterocycles. The third-order valence-corrected chi connectivity index (χ3v) is 4.57. The van der Waals surface area contributed by atoms with Gasteiger partial charge in [0, 0.05) is 18.6 Å². The molecule has 1 aliphatic rings. The number of pyridine rings is 1. The molecule has 1 atom stereocenters. The number of hydrogen-bond donors (Lipinski definition) is 2. The van der Waals surface area contributed by atoms with Gasteiger partial charge in [-0.2, -0.15) is 0 Å². The van der Waals surface area contributed by atoms with Crippen LogP contribution in [-0.4, -0.2) is 36.3 Å². The molecule has 4 nitrogen and oxygen atoms in total. The van der Waals surface area contributed by atoms with Gasteiger partial charge >= 0.3 is 0 Å². The van der Waals surface area contributed by atoms with E-state index in [2.05, 4.69) is 34.3 Å². The van der Waals surface area contributed by atoms with Crippen LogP contribution < -0.4 is 10.2 Å². The van der Waals surface area contributed by atoms with Crippen molar-refractivity contribution in [3.63, 3.8) is 0 Å². The van der Waals surface area contributed by atoms with Crippen molar-refractivity contribution < 1.29 is 5.11 Å². The van der Waals surface area contributed by atoms with Crippen LogP contribution in [0.1, 0.15) is 57.2 Å². The summed E-state index contributed by atoms with van der Waals surface area (Å²) < 4.78 is 0. The predicted octanol–water partition coefficient (Wildman–Crippen LogP) is 2.88. The Morgan fingerprint density at radius 3 is 2.62 bits per heavy atom. The van der Waals surface area contributed by atoms with Gasteiger partial charge in [-0.05, 0) is 38.4 Å². The first-order chi connectivity index (χ1) is 10.3. The van der Waals surface area contributed by atoms with Gasteiger partial charge in [0.1, 0.15) is 0 Å². The van der Waals surface area contributed by atoms with E-state index >= 15 is 0 Å². The maximum Gasteiger partial charge on any atom is 0.0606 e. The summed E-state index contributed by atoms with van der Waals surface area (Å²) in [4.78, 5) is 6.98. The Balaban J connectivity index is 2.12. The molecule has 0 spiro atoms. The molecule has 2 rings (SSSR count). The zero-order valence-corrected chi connectivity index (χ0v) is 13.4. The summed E-state index contributed by atoms with van der Waals surface area (Å²) >= 11 is 0. The molecule has 118 valence electrons. The lowest BCUT2D eigenvalue weighted by Gasteiger charge is -2.35. The van der Waals surface area contributed by atoms with Crippen LogP contribution in [0.2, 0.25) is 0 Å². The number of nitrogens with one attached hydrogen (secondary N) is 1. The van der Waals surface area contributed by atoms with Crippen LogP contribution in [0.25, 0.3) is 0 Å². The van der Waals surface area contributed by atoms with E-state index in [1.54, 1.807) is 0 Å². The highest BCUT2D eigenvalue weighted by atomic mass is 16.3. The van der Waals surface area contributed by atoms with E-state index in [0.717, 1.165) is 17.8 Å². The molecule has 1 unspecified atom stereocenters. The van der Waals surface area contributed by atoms with Crippen LogP contribution in [0.5, 0.6) is 0 Å². The summed E-state index contributed by atoms with van der Waals surface area (Å²) in [6.45, 7) is 3.07. The van der Waals surface area contributed by atoms with Crippen LogP contribution in [0.3, 0.4) is 0 Å². The van der Waals surface area contributed by atoms with Gasteiger partial charge in [0.05, 0.1) is 24.2 Å². The minimum absolute atomic E-state index is 0.201. The molecule has 1 fully saturated rings. The molecular formula is C17H29N3O. The summed E-state index contributed by atoms with van der Waals surface area (Å²) in [5, 5.41) is 12.7. The molecule has 4 heteroatoms. The molecular weight excluding hydrogens is 262 g/mol. The largest absolute Gasteiger partial charge is 0.395 e. The summed E-state index contributed by atoms with van der Waals surface area (Å²) in [7, 11) is 1.98. The smallest absolute Gasteiger partial charge is 0.0606 e. The van der Waals surface area contributed by atoms with Crippen molar-refractivity contribution in [2.45, 2.75) is 57.5 Å². The van der Waals surface area contributed by atoms with E-state index in [1.807, 2.05) is 13.2 Å². The Morgan fingerprint density at radius 1 is 1.33 bits per heavy atom. The lowest BCUT2D eigenvalue weighted by atomic mass is 9.94. The van der Waals surface area contributed by atoms with E-state index in [4.69, 9.17) is 0 Å². The summed E-state index contributed by atoms with van der Waals surface area (Å²) in [5.74, 6) is 0. The first-order valence-corrected chi connectivity index (χ1v) is 8.30. The van der Waals surface area contributed by atoms with Gasteiger partial charge in [0.2, 0.25) is 0 Å². The number of aliphatic hydroxyl groups is 1. The van der Waals surface area contributed by atoms with Crippen molar-refractivity contribution in [2.24, 2.45) is 0 Å². The van der Waals surface area contributed by atoms with Crippen LogP contribution in [0, 0.1) is 0 Å². The number of nitrogens with zero attached hydrogens (tertiary/aromatic N) is 2. The average molecular weight is 291 g/mol. The van der Waals surface area contributed by atoms with E-state index in [0.29, 0.717) is 18.6 Å². The Labute approximate surface area is 128 Å². The lowest BCUT2D eigenvalue weighted by molar-refractivity contribution is 0.290. The standard InChI is InChI=1S/C17H29N3O/c1-3-16(18-2)17-10-9-15(13-19-17)20(11-12-21)14-7-5-4-6-8-14/h9-10,13-14,16,18,21H,3-8,11-12H2,1-2H3. The lowest BCUT2D eigenvalue weighted by Crippen LogP contribution is -2.39. The first kappa shape index (κ1) is 16.2. The molecule has 1 heterocycles. The summed E-state index contributed by atoms with van der Waals surface area (Å²) in [6, 6.07) is 5.16. The van der Waals surface area contributed by atoms with Crippen LogP contribution >= 0.6 is 0 Å². The highest BCUT2D eigenvalue weighted by Gasteiger charge is 2.21. The van der Waals surface area contributed by atoms with E-state index in [9.17, 15) is 5.11 Å². The second kappa shape index (κ2) is 8.35. The van der Waals surface area contributed by atoms with Crippen molar-refractivity contribution in [3.8, 4) is 0 Å². The maximum absolute atomic E-state index is 9.38. The fourth-order valence-electron chi connectivity index (χ4n) is 3.36. The summed E-state index contributed by atoms with van der Waals surface area (Å²) in [6.07, 6.45) is 9.42. The van der Waals surface area contributed by atoms with Crippen LogP contribution in [0.15, 0.2) is 18.3 Å². The van der Waals surface area contributed by atoms with Gasteiger partial charge in [0.15, 0.2) is 0 Å². The van der Waals surface area contributed by atoms with Gasteiger partial charge in [-0.25, -0.2) is 0 Å². The van der Waals surface area contributed by atoms with Crippen molar-refractivity contribution in [2.75, 3.05) is 25.1 Å². The zero-order chi connectivity index (χ0) is 15.1. The Bertz CT molecular complexity index is 397. The molecule has 1 saturated carbocycles. The van der Waals surface area contributed by atoms with Gasteiger partial charge < -0.3 is 15.3 Å². The number of rotatable bonds is 7. The number of aliphatic hydroxyl groups excluding tert-OH is 1. The molecule has 0 bridgehead atoms. The Kier molecular flexibility index (Phi) is 6.46. The third kappa shape index (κ3) is 4.17. The van der Waals surface area contributed by atoms with Crippen LogP contribution in [-0.2, 0) is 0 Å². The molecule has 0 amide bonds. The monoisotopic (exact) mass is 291 g/mol. The summed E-state index contributed by atoms with van der Waals surface area (Å²) in [5.41, 5.74) is 2.24. The molecule has 1 aromatic rings. The Morgan fingerprint density at radius 2 is 2.10 bits per heavy atom. The first-order valence-electron chi connectivity index (χ1n) is 8.30. The minimum Gasteiger partial charge on any atom is -0.395 e. The van der Waals surface area contributed by atoms with Crippen molar-refractivity contribution in [1.82, 2.24) is 10.3 Å². The van der Waals surface area contributed by atoms with Gasteiger partial charge in [-0.15, -0.1) is 0 Å². The maximum atomic E-state index is 9.38. The van der Waals surface area contributed by atoms with Gasteiger partial charge in [-0.1, -0.05) is 26.2 Å². The SMILES string of the molecule is CCC(NC)c1ccc(N(CCO)C2CCCCC2)cn1. The molecule has 21 heavy (non-hydrogen) atoms. The molecule has 0 radical (unpaired) electrons. The Hall–Kier alpha value is -1.13. The molecule has 0 aliphatic heterocycles. The minimum atomic E-state index is 0.201. The molecule has 2 N–H and O–H groups in total. The zero-order valence-electron chi connectivity index (χ0n) is 13.4. The van der Waals surface area contributed by atoms with Crippen molar-refractivity contribution in [1.29, 1.82) is 0 Å². The second-order valence-electron chi connectivity index (χ2n) is 5.90. The topological polar surface area (TPSA) is 48.4 Å². The van der Waals surface area contributed by atoms with Crippen LogP contribution in [0.4, 0.5) is 5.69 Å². The molecule has 0 aromatic carbocycles. The third-order valence-electron chi connectivity index (χ3n) is 4.57. The number of aromatic nitrogens is 1. The number of hydrogen-bond acceptors (Lipinski definition) is 4. The quantitative estimate of drug-likeness (QED) is 0.811. The fourth-order valence-corrected chi connectivity index (χ4v) is 3.36. The normalized spacial score (nSPS) is 17.7.